The summed E-state index contributed by atoms with van der Waals surface area (Å²) in [5.41, 5.74) is 7.30. The van der Waals surface area contributed by atoms with Gasteiger partial charge in [-0.15, -0.1) is 0 Å². The molecule has 3 atom stereocenters. The molecular weight excluding hydrogens is 230 g/mol. The van der Waals surface area contributed by atoms with Crippen LogP contribution in [0.3, 0.4) is 0 Å². The second kappa shape index (κ2) is 5.78. The third kappa shape index (κ3) is 2.96. The van der Waals surface area contributed by atoms with E-state index in [1.807, 2.05) is 37.3 Å². The minimum atomic E-state index is -0.796. The fraction of sp³-hybridized carbons (Fsp3) is 0.571. The van der Waals surface area contributed by atoms with Crippen LogP contribution in [0.2, 0.25) is 0 Å². The van der Waals surface area contributed by atoms with E-state index in [0.29, 0.717) is 5.25 Å². The minimum Gasteiger partial charge on any atom is -0.323 e. The number of nitrogens with two attached hydrogens (primary N) is 1. The van der Waals surface area contributed by atoms with Crippen LogP contribution in [0.15, 0.2) is 30.3 Å². The summed E-state index contributed by atoms with van der Waals surface area (Å²) in [4.78, 5) is 0. The lowest BCUT2D eigenvalue weighted by Gasteiger charge is -2.22. The average molecular weight is 251 g/mol. The summed E-state index contributed by atoms with van der Waals surface area (Å²) in [7, 11) is -0.796. The van der Waals surface area contributed by atoms with Gasteiger partial charge in [0, 0.05) is 22.1 Å². The number of hydrogen-bond donors (Lipinski definition) is 1. The highest BCUT2D eigenvalue weighted by Crippen LogP contribution is 2.28. The van der Waals surface area contributed by atoms with E-state index in [1.54, 1.807) is 0 Å². The Morgan fingerprint density at radius 3 is 2.41 bits per heavy atom. The number of rotatable bonds is 4. The van der Waals surface area contributed by atoms with E-state index in [4.69, 9.17) is 5.73 Å². The molecule has 2 N–H and O–H groups in total. The molecule has 94 valence electrons. The van der Waals surface area contributed by atoms with Crippen LogP contribution in [-0.4, -0.2) is 14.7 Å². The molecule has 0 aromatic heterocycles. The van der Waals surface area contributed by atoms with Gasteiger partial charge in [-0.2, -0.15) is 0 Å². The van der Waals surface area contributed by atoms with Gasteiger partial charge >= 0.3 is 0 Å². The van der Waals surface area contributed by atoms with Crippen molar-refractivity contribution in [2.24, 2.45) is 5.73 Å². The second-order valence-electron chi connectivity index (χ2n) is 4.88. The van der Waals surface area contributed by atoms with E-state index in [2.05, 4.69) is 0 Å². The van der Waals surface area contributed by atoms with Crippen LogP contribution in [0.4, 0.5) is 0 Å². The Kier molecular flexibility index (Phi) is 4.35. The standard InChI is InChI=1S/C14H21NOS/c1-11(17(16)13-9-5-6-10-13)14(15)12-7-3-2-4-8-12/h2-4,7-8,11,13-14H,5-6,9-10,15H2,1H3. The summed E-state index contributed by atoms with van der Waals surface area (Å²) in [5, 5.41) is 0.417. The lowest BCUT2D eigenvalue weighted by Crippen LogP contribution is -2.32. The minimum absolute atomic E-state index is 0.0421. The third-order valence-electron chi connectivity index (χ3n) is 3.69. The van der Waals surface area contributed by atoms with Gasteiger partial charge in [0.05, 0.1) is 5.25 Å². The van der Waals surface area contributed by atoms with Crippen molar-refractivity contribution in [2.45, 2.75) is 49.1 Å². The van der Waals surface area contributed by atoms with Crippen LogP contribution in [0.5, 0.6) is 0 Å². The highest BCUT2D eigenvalue weighted by molar-refractivity contribution is 7.86. The Bertz CT molecular complexity index is 373. The molecule has 1 fully saturated rings. The maximum atomic E-state index is 12.4. The third-order valence-corrected chi connectivity index (χ3v) is 5.84. The van der Waals surface area contributed by atoms with Gasteiger partial charge in [0.25, 0.3) is 0 Å². The fourth-order valence-corrected chi connectivity index (χ4v) is 4.37. The Balaban J connectivity index is 2.04. The first-order valence-corrected chi connectivity index (χ1v) is 7.67. The van der Waals surface area contributed by atoms with E-state index < -0.39 is 10.8 Å². The van der Waals surface area contributed by atoms with E-state index in [9.17, 15) is 4.21 Å². The van der Waals surface area contributed by atoms with Gasteiger partial charge in [0.15, 0.2) is 0 Å². The molecule has 1 aromatic rings. The number of hydrogen-bond acceptors (Lipinski definition) is 2. The van der Waals surface area contributed by atoms with Crippen LogP contribution in [0.25, 0.3) is 0 Å². The lowest BCUT2D eigenvalue weighted by molar-refractivity contribution is 0.629. The predicted molar refractivity (Wildman–Crippen MR) is 73.2 cm³/mol. The molecule has 0 amide bonds. The molecule has 0 aliphatic heterocycles. The zero-order valence-corrected chi connectivity index (χ0v) is 11.2. The summed E-state index contributed by atoms with van der Waals surface area (Å²) < 4.78 is 12.4. The first-order chi connectivity index (χ1) is 8.20. The van der Waals surface area contributed by atoms with Crippen molar-refractivity contribution in [3.8, 4) is 0 Å². The van der Waals surface area contributed by atoms with Gasteiger partial charge < -0.3 is 5.73 Å². The smallest absolute Gasteiger partial charge is 0.0515 e. The van der Waals surface area contributed by atoms with Crippen LogP contribution < -0.4 is 5.73 Å². The monoisotopic (exact) mass is 251 g/mol. The molecule has 0 radical (unpaired) electrons. The van der Waals surface area contributed by atoms with Gasteiger partial charge in [0.1, 0.15) is 0 Å². The van der Waals surface area contributed by atoms with Crippen LogP contribution in [-0.2, 0) is 10.8 Å². The van der Waals surface area contributed by atoms with Crippen molar-refractivity contribution in [1.29, 1.82) is 0 Å². The van der Waals surface area contributed by atoms with E-state index in [-0.39, 0.29) is 11.3 Å². The summed E-state index contributed by atoms with van der Waals surface area (Å²) in [5.74, 6) is 0. The van der Waals surface area contributed by atoms with Gasteiger partial charge in [-0.05, 0) is 25.3 Å². The van der Waals surface area contributed by atoms with Gasteiger partial charge in [-0.25, -0.2) is 0 Å². The Hall–Kier alpha value is -0.670. The molecule has 2 rings (SSSR count). The molecule has 1 aromatic carbocycles. The van der Waals surface area contributed by atoms with Crippen LogP contribution >= 0.6 is 0 Å². The molecule has 0 spiro atoms. The van der Waals surface area contributed by atoms with Gasteiger partial charge in [-0.1, -0.05) is 43.2 Å². The molecule has 17 heavy (non-hydrogen) atoms. The fourth-order valence-electron chi connectivity index (χ4n) is 2.51. The zero-order valence-electron chi connectivity index (χ0n) is 10.3. The normalized spacial score (nSPS) is 22.2. The second-order valence-corrected chi connectivity index (χ2v) is 6.94. The molecular formula is C14H21NOS. The molecule has 0 saturated heterocycles. The molecule has 1 saturated carbocycles. The van der Waals surface area contributed by atoms with Crippen molar-refractivity contribution >= 4 is 10.8 Å². The largest absolute Gasteiger partial charge is 0.323 e. The molecule has 1 aliphatic carbocycles. The topological polar surface area (TPSA) is 43.1 Å². The van der Waals surface area contributed by atoms with E-state index >= 15 is 0 Å². The Labute approximate surface area is 106 Å². The summed E-state index contributed by atoms with van der Waals surface area (Å²) in [6.07, 6.45) is 4.67. The summed E-state index contributed by atoms with van der Waals surface area (Å²) >= 11 is 0. The predicted octanol–water partition coefficient (Wildman–Crippen LogP) is 2.77. The van der Waals surface area contributed by atoms with Crippen molar-refractivity contribution in [1.82, 2.24) is 0 Å². The maximum Gasteiger partial charge on any atom is 0.0515 e. The maximum absolute atomic E-state index is 12.4. The van der Waals surface area contributed by atoms with E-state index in [1.165, 1.54) is 12.8 Å². The van der Waals surface area contributed by atoms with Crippen LogP contribution in [0, 0.1) is 0 Å². The first-order valence-electron chi connectivity index (χ1n) is 6.40. The van der Waals surface area contributed by atoms with E-state index in [0.717, 1.165) is 18.4 Å². The van der Waals surface area contributed by atoms with Crippen molar-refractivity contribution in [3.63, 3.8) is 0 Å². The zero-order chi connectivity index (χ0) is 12.3. The lowest BCUT2D eigenvalue weighted by atomic mass is 10.1. The quantitative estimate of drug-likeness (QED) is 0.894. The SMILES string of the molecule is CC(C(N)c1ccccc1)S(=O)C1CCCC1. The highest BCUT2D eigenvalue weighted by atomic mass is 32.2. The van der Waals surface area contributed by atoms with Crippen molar-refractivity contribution in [2.75, 3.05) is 0 Å². The summed E-state index contributed by atoms with van der Waals surface area (Å²) in [6.45, 7) is 2.02. The van der Waals surface area contributed by atoms with Crippen molar-refractivity contribution < 1.29 is 4.21 Å². The first kappa shape index (κ1) is 12.8. The van der Waals surface area contributed by atoms with Crippen LogP contribution in [0.1, 0.15) is 44.2 Å². The molecule has 1 aliphatic rings. The number of benzene rings is 1. The Morgan fingerprint density at radius 1 is 1.24 bits per heavy atom. The molecule has 0 heterocycles. The van der Waals surface area contributed by atoms with Gasteiger partial charge in [-0.3, -0.25) is 4.21 Å². The molecule has 0 bridgehead atoms. The average Bonchev–Trinajstić information content (AvgIpc) is 2.91. The Morgan fingerprint density at radius 2 is 1.82 bits per heavy atom. The van der Waals surface area contributed by atoms with Crippen molar-refractivity contribution in [3.05, 3.63) is 35.9 Å². The molecule has 3 unspecified atom stereocenters. The highest BCUT2D eigenvalue weighted by Gasteiger charge is 2.29. The molecule has 3 heteroatoms. The van der Waals surface area contributed by atoms with Gasteiger partial charge in [0.2, 0.25) is 0 Å². The molecule has 2 nitrogen and oxygen atoms in total. The summed E-state index contributed by atoms with van der Waals surface area (Å²) in [6, 6.07) is 9.88.